The fourth-order valence-electron chi connectivity index (χ4n) is 0.311. The Hall–Kier alpha value is -0.920. The quantitative estimate of drug-likeness (QED) is 0.491. The van der Waals surface area contributed by atoms with Gasteiger partial charge in [-0.25, -0.2) is 0 Å². The van der Waals surface area contributed by atoms with Gasteiger partial charge >= 0.3 is 0 Å². The molecule has 0 aliphatic rings. The first kappa shape index (κ1) is 7.08. The predicted octanol–water partition coefficient (Wildman–Crippen LogP) is 0.711. The number of hydrogen-bond donors (Lipinski definition) is 2. The van der Waals surface area contributed by atoms with Gasteiger partial charge in [-0.3, -0.25) is 0 Å². The molecular formula is C6H12N2. The van der Waals surface area contributed by atoms with Crippen molar-refractivity contribution in [3.8, 4) is 0 Å². The van der Waals surface area contributed by atoms with E-state index in [-0.39, 0.29) is 0 Å². The van der Waals surface area contributed by atoms with Gasteiger partial charge in [-0.05, 0) is 19.9 Å². The third-order valence-electron chi connectivity index (χ3n) is 0.802. The summed E-state index contributed by atoms with van der Waals surface area (Å²) in [5, 5.41) is 0. The average Bonchev–Trinajstić information content (AvgIpc) is 1.67. The Morgan fingerprint density at radius 3 is 2.00 bits per heavy atom. The van der Waals surface area contributed by atoms with Crippen LogP contribution < -0.4 is 11.5 Å². The summed E-state index contributed by atoms with van der Waals surface area (Å²) in [5.74, 6) is 0. The summed E-state index contributed by atoms with van der Waals surface area (Å²) in [6, 6.07) is 0. The van der Waals surface area contributed by atoms with E-state index in [4.69, 9.17) is 11.5 Å². The zero-order valence-electron chi connectivity index (χ0n) is 5.31. The molecule has 0 saturated heterocycles. The standard InChI is InChI=1S/C6H12N2/c1-3-4-6(8)5(2)7/h3-4H,7-8H2,1-2H3/b4-3-,6-5-. The zero-order chi connectivity index (χ0) is 6.57. The average molecular weight is 112 g/mol. The smallest absolute Gasteiger partial charge is 0.0498 e. The lowest BCUT2D eigenvalue weighted by atomic mass is 10.3. The Morgan fingerprint density at radius 1 is 1.38 bits per heavy atom. The van der Waals surface area contributed by atoms with Gasteiger partial charge in [-0.2, -0.15) is 0 Å². The van der Waals surface area contributed by atoms with E-state index in [1.807, 2.05) is 13.0 Å². The molecule has 0 spiro atoms. The molecule has 0 aromatic rings. The molecule has 2 heteroatoms. The maximum Gasteiger partial charge on any atom is 0.0498 e. The van der Waals surface area contributed by atoms with Crippen LogP contribution in [0.1, 0.15) is 13.8 Å². The van der Waals surface area contributed by atoms with Crippen molar-refractivity contribution in [2.45, 2.75) is 13.8 Å². The molecule has 0 heterocycles. The maximum atomic E-state index is 5.39. The van der Waals surface area contributed by atoms with Crippen LogP contribution in [-0.4, -0.2) is 0 Å². The van der Waals surface area contributed by atoms with Crippen LogP contribution in [0.25, 0.3) is 0 Å². The monoisotopic (exact) mass is 112 g/mol. The van der Waals surface area contributed by atoms with Crippen molar-refractivity contribution < 1.29 is 0 Å². The second-order valence-corrected chi connectivity index (χ2v) is 1.64. The van der Waals surface area contributed by atoms with E-state index in [0.717, 1.165) is 0 Å². The first-order valence-electron chi connectivity index (χ1n) is 2.53. The highest BCUT2D eigenvalue weighted by atomic mass is 14.7. The predicted molar refractivity (Wildman–Crippen MR) is 35.9 cm³/mol. The van der Waals surface area contributed by atoms with E-state index in [1.165, 1.54) is 0 Å². The number of allylic oxidation sites excluding steroid dienone is 3. The fourth-order valence-corrected chi connectivity index (χ4v) is 0.311. The van der Waals surface area contributed by atoms with Crippen LogP contribution in [0.3, 0.4) is 0 Å². The van der Waals surface area contributed by atoms with Gasteiger partial charge in [-0.15, -0.1) is 0 Å². The van der Waals surface area contributed by atoms with Crippen LogP contribution in [0.5, 0.6) is 0 Å². The summed E-state index contributed by atoms with van der Waals surface area (Å²) in [6.07, 6.45) is 3.63. The number of rotatable bonds is 1. The van der Waals surface area contributed by atoms with Gasteiger partial charge in [0.2, 0.25) is 0 Å². The minimum atomic E-state index is 0.646. The van der Waals surface area contributed by atoms with Gasteiger partial charge in [0.05, 0.1) is 0 Å². The topological polar surface area (TPSA) is 52.0 Å². The lowest BCUT2D eigenvalue weighted by Crippen LogP contribution is -2.03. The first-order valence-corrected chi connectivity index (χ1v) is 2.53. The van der Waals surface area contributed by atoms with Crippen molar-refractivity contribution in [2.75, 3.05) is 0 Å². The van der Waals surface area contributed by atoms with Crippen LogP contribution in [0.15, 0.2) is 23.5 Å². The van der Waals surface area contributed by atoms with E-state index < -0.39 is 0 Å². The van der Waals surface area contributed by atoms with E-state index >= 15 is 0 Å². The van der Waals surface area contributed by atoms with Crippen molar-refractivity contribution in [2.24, 2.45) is 11.5 Å². The SMILES string of the molecule is C/C=C\C(N)=C(/C)N. The fraction of sp³-hybridized carbons (Fsp3) is 0.333. The summed E-state index contributed by atoms with van der Waals surface area (Å²) in [7, 11) is 0. The van der Waals surface area contributed by atoms with Crippen LogP contribution >= 0.6 is 0 Å². The van der Waals surface area contributed by atoms with Crippen molar-refractivity contribution in [3.63, 3.8) is 0 Å². The summed E-state index contributed by atoms with van der Waals surface area (Å²) in [4.78, 5) is 0. The summed E-state index contributed by atoms with van der Waals surface area (Å²) < 4.78 is 0. The molecule has 0 aliphatic heterocycles. The van der Waals surface area contributed by atoms with Gasteiger partial charge in [-0.1, -0.05) is 6.08 Å². The zero-order valence-corrected chi connectivity index (χ0v) is 5.31. The second kappa shape index (κ2) is 3.13. The highest BCUT2D eigenvalue weighted by Crippen LogP contribution is 1.89. The Balaban J connectivity index is 4.00. The molecule has 8 heavy (non-hydrogen) atoms. The summed E-state index contributed by atoms with van der Waals surface area (Å²) >= 11 is 0. The molecule has 0 radical (unpaired) electrons. The highest BCUT2D eigenvalue weighted by Gasteiger charge is 1.82. The van der Waals surface area contributed by atoms with Crippen molar-refractivity contribution in [1.29, 1.82) is 0 Å². The molecule has 0 bridgehead atoms. The molecular weight excluding hydrogens is 100 g/mol. The molecule has 0 rings (SSSR count). The van der Waals surface area contributed by atoms with Gasteiger partial charge < -0.3 is 11.5 Å². The lowest BCUT2D eigenvalue weighted by Gasteiger charge is -1.92. The van der Waals surface area contributed by atoms with E-state index in [9.17, 15) is 0 Å². The largest absolute Gasteiger partial charge is 0.401 e. The van der Waals surface area contributed by atoms with Crippen molar-refractivity contribution in [1.82, 2.24) is 0 Å². The Morgan fingerprint density at radius 2 is 1.88 bits per heavy atom. The van der Waals surface area contributed by atoms with Gasteiger partial charge in [0.15, 0.2) is 0 Å². The van der Waals surface area contributed by atoms with E-state index in [2.05, 4.69) is 0 Å². The minimum absolute atomic E-state index is 0.646. The van der Waals surface area contributed by atoms with Crippen LogP contribution in [0, 0.1) is 0 Å². The van der Waals surface area contributed by atoms with Gasteiger partial charge in [0.1, 0.15) is 0 Å². The molecule has 0 aromatic heterocycles. The van der Waals surface area contributed by atoms with E-state index in [1.54, 1.807) is 13.0 Å². The molecule has 0 fully saturated rings. The minimum Gasteiger partial charge on any atom is -0.401 e. The lowest BCUT2D eigenvalue weighted by molar-refractivity contribution is 1.21. The molecule has 4 N–H and O–H groups in total. The molecule has 0 atom stereocenters. The molecule has 0 amide bonds. The number of nitrogens with two attached hydrogens (primary N) is 2. The molecule has 0 aromatic carbocycles. The Bertz CT molecular complexity index is 118. The molecule has 0 aliphatic carbocycles. The number of hydrogen-bond acceptors (Lipinski definition) is 2. The third kappa shape index (κ3) is 2.29. The van der Waals surface area contributed by atoms with Crippen LogP contribution in [-0.2, 0) is 0 Å². The van der Waals surface area contributed by atoms with Crippen LogP contribution in [0.2, 0.25) is 0 Å². The third-order valence-corrected chi connectivity index (χ3v) is 0.802. The Labute approximate surface area is 49.9 Å². The summed E-state index contributed by atoms with van der Waals surface area (Å²) in [5.41, 5.74) is 12.0. The van der Waals surface area contributed by atoms with Gasteiger partial charge in [0, 0.05) is 11.4 Å². The molecule has 0 unspecified atom stereocenters. The molecule has 46 valence electrons. The van der Waals surface area contributed by atoms with Gasteiger partial charge in [0.25, 0.3) is 0 Å². The Kier molecular flexibility index (Phi) is 2.77. The van der Waals surface area contributed by atoms with Crippen molar-refractivity contribution >= 4 is 0 Å². The maximum absolute atomic E-state index is 5.39. The normalized spacial score (nSPS) is 14.2. The summed E-state index contributed by atoms with van der Waals surface area (Å²) in [6.45, 7) is 3.67. The first-order chi connectivity index (χ1) is 3.68. The second-order valence-electron chi connectivity index (χ2n) is 1.64. The van der Waals surface area contributed by atoms with Crippen molar-refractivity contribution in [3.05, 3.63) is 23.5 Å². The van der Waals surface area contributed by atoms with E-state index in [0.29, 0.717) is 11.4 Å². The van der Waals surface area contributed by atoms with Crippen LogP contribution in [0.4, 0.5) is 0 Å². The highest BCUT2D eigenvalue weighted by molar-refractivity contribution is 5.18. The molecule has 2 nitrogen and oxygen atoms in total. The molecule has 0 saturated carbocycles.